The topological polar surface area (TPSA) is 76.7 Å². The van der Waals surface area contributed by atoms with E-state index < -0.39 is 6.04 Å². The Balaban J connectivity index is 1.77. The zero-order valence-electron chi connectivity index (χ0n) is 16.0. The van der Waals surface area contributed by atoms with Crippen LogP contribution in [0.15, 0.2) is 40.9 Å². The highest BCUT2D eigenvalue weighted by molar-refractivity contribution is 9.10. The van der Waals surface area contributed by atoms with Crippen LogP contribution in [0.25, 0.3) is 0 Å². The maximum absolute atomic E-state index is 12.9. The fourth-order valence-electron chi connectivity index (χ4n) is 2.95. The summed E-state index contributed by atoms with van der Waals surface area (Å²) in [5, 5.41) is 5.73. The Morgan fingerprint density at radius 3 is 2.36 bits per heavy atom. The lowest BCUT2D eigenvalue weighted by Gasteiger charge is -2.24. The fourth-order valence-corrected chi connectivity index (χ4v) is 3.37. The predicted octanol–water partition coefficient (Wildman–Crippen LogP) is 3.92. The molecule has 0 aromatic heterocycles. The van der Waals surface area contributed by atoms with Crippen molar-refractivity contribution in [3.8, 4) is 11.5 Å². The van der Waals surface area contributed by atoms with E-state index in [9.17, 15) is 9.59 Å². The fraction of sp³-hybridized carbons (Fsp3) is 0.333. The number of aryl methyl sites for hydroxylation is 1. The second kappa shape index (κ2) is 8.65. The smallest absolute Gasteiger partial charge is 0.252 e. The molecule has 1 aliphatic heterocycles. The minimum Gasteiger partial charge on any atom is -0.486 e. The number of hydrogen-bond acceptors (Lipinski definition) is 4. The quantitative estimate of drug-likeness (QED) is 0.729. The molecule has 0 unspecified atom stereocenters. The van der Waals surface area contributed by atoms with Crippen LogP contribution in [0.3, 0.4) is 0 Å². The summed E-state index contributed by atoms with van der Waals surface area (Å²) in [6, 6.07) is 10.1. The van der Waals surface area contributed by atoms with Crippen LogP contribution < -0.4 is 20.1 Å². The number of carbonyl (C=O) groups excluding carboxylic acids is 2. The van der Waals surface area contributed by atoms with Gasteiger partial charge in [-0.2, -0.15) is 0 Å². The molecule has 6 nitrogen and oxygen atoms in total. The van der Waals surface area contributed by atoms with Crippen molar-refractivity contribution in [2.45, 2.75) is 26.8 Å². The van der Waals surface area contributed by atoms with Crippen molar-refractivity contribution in [1.29, 1.82) is 0 Å². The van der Waals surface area contributed by atoms with Gasteiger partial charge in [0.2, 0.25) is 5.91 Å². The largest absolute Gasteiger partial charge is 0.486 e. The van der Waals surface area contributed by atoms with Crippen molar-refractivity contribution in [2.75, 3.05) is 18.5 Å². The first-order valence-electron chi connectivity index (χ1n) is 9.13. The molecule has 1 heterocycles. The van der Waals surface area contributed by atoms with Gasteiger partial charge in [0.15, 0.2) is 11.5 Å². The van der Waals surface area contributed by atoms with Crippen molar-refractivity contribution < 1.29 is 19.1 Å². The lowest BCUT2D eigenvalue weighted by Crippen LogP contribution is -2.47. The van der Waals surface area contributed by atoms with Gasteiger partial charge in [0, 0.05) is 22.2 Å². The van der Waals surface area contributed by atoms with Crippen LogP contribution in [-0.2, 0) is 4.79 Å². The van der Waals surface area contributed by atoms with Gasteiger partial charge >= 0.3 is 0 Å². The van der Waals surface area contributed by atoms with Crippen LogP contribution in [0.5, 0.6) is 11.5 Å². The molecular weight excluding hydrogens is 424 g/mol. The summed E-state index contributed by atoms with van der Waals surface area (Å²) in [7, 11) is 0. The van der Waals surface area contributed by atoms with Crippen LogP contribution in [0, 0.1) is 12.8 Å². The van der Waals surface area contributed by atoms with E-state index in [0.29, 0.717) is 40.4 Å². The Kier molecular flexibility index (Phi) is 6.24. The monoisotopic (exact) mass is 446 g/mol. The van der Waals surface area contributed by atoms with Gasteiger partial charge in [-0.05, 0) is 40.4 Å². The Bertz CT molecular complexity index is 898. The maximum Gasteiger partial charge on any atom is 0.252 e. The molecule has 0 bridgehead atoms. The predicted molar refractivity (Wildman–Crippen MR) is 111 cm³/mol. The van der Waals surface area contributed by atoms with Crippen LogP contribution in [0.1, 0.15) is 29.8 Å². The molecule has 2 N–H and O–H groups in total. The third-order valence-electron chi connectivity index (χ3n) is 4.52. The van der Waals surface area contributed by atoms with E-state index in [1.807, 2.05) is 32.9 Å². The van der Waals surface area contributed by atoms with E-state index >= 15 is 0 Å². The van der Waals surface area contributed by atoms with Gasteiger partial charge < -0.3 is 20.1 Å². The first-order chi connectivity index (χ1) is 13.4. The second-order valence-electron chi connectivity index (χ2n) is 6.98. The molecule has 0 aliphatic carbocycles. The SMILES string of the molecule is Cc1ccccc1C(=O)N[C@@H](C(=O)Nc1cc2c(cc1Br)OCCO2)C(C)C. The Morgan fingerprint density at radius 1 is 1.07 bits per heavy atom. The van der Waals surface area contributed by atoms with Crippen LogP contribution in [-0.4, -0.2) is 31.1 Å². The number of amides is 2. The first-order valence-corrected chi connectivity index (χ1v) is 9.92. The van der Waals surface area contributed by atoms with Gasteiger partial charge in [-0.1, -0.05) is 32.0 Å². The molecule has 28 heavy (non-hydrogen) atoms. The highest BCUT2D eigenvalue weighted by Crippen LogP contribution is 2.38. The highest BCUT2D eigenvalue weighted by atomic mass is 79.9. The molecule has 2 amide bonds. The van der Waals surface area contributed by atoms with E-state index in [2.05, 4.69) is 26.6 Å². The molecule has 0 spiro atoms. The Morgan fingerprint density at radius 2 is 1.71 bits per heavy atom. The molecule has 1 aliphatic rings. The summed E-state index contributed by atoms with van der Waals surface area (Å²) in [6.45, 7) is 6.60. The van der Waals surface area contributed by atoms with E-state index in [-0.39, 0.29) is 17.7 Å². The van der Waals surface area contributed by atoms with Crippen molar-refractivity contribution in [2.24, 2.45) is 5.92 Å². The summed E-state index contributed by atoms with van der Waals surface area (Å²) >= 11 is 3.45. The highest BCUT2D eigenvalue weighted by Gasteiger charge is 2.26. The van der Waals surface area contributed by atoms with E-state index in [1.54, 1.807) is 24.3 Å². The summed E-state index contributed by atoms with van der Waals surface area (Å²) in [4.78, 5) is 25.6. The van der Waals surface area contributed by atoms with Gasteiger partial charge in [0.1, 0.15) is 19.3 Å². The standard InChI is InChI=1S/C21H23BrN2O4/c1-12(2)19(24-20(25)14-7-5-4-6-13(14)3)21(26)23-16-11-18-17(10-15(16)22)27-8-9-28-18/h4-7,10-12,19H,8-9H2,1-3H3,(H,23,26)(H,24,25)/t19-/m1/s1. The van der Waals surface area contributed by atoms with Crippen molar-refractivity contribution >= 4 is 33.4 Å². The van der Waals surface area contributed by atoms with E-state index in [1.165, 1.54) is 0 Å². The second-order valence-corrected chi connectivity index (χ2v) is 7.83. The number of anilines is 1. The molecule has 0 radical (unpaired) electrons. The molecule has 2 aromatic rings. The normalized spacial score (nSPS) is 13.8. The minimum atomic E-state index is -0.688. The molecule has 2 aromatic carbocycles. The summed E-state index contributed by atoms with van der Waals surface area (Å²) < 4.78 is 11.8. The number of fused-ring (bicyclic) bond motifs is 1. The lowest BCUT2D eigenvalue weighted by molar-refractivity contribution is -0.118. The van der Waals surface area contributed by atoms with Crippen molar-refractivity contribution in [3.63, 3.8) is 0 Å². The number of hydrogen-bond donors (Lipinski definition) is 2. The number of halogens is 1. The number of nitrogens with one attached hydrogen (secondary N) is 2. The van der Waals surface area contributed by atoms with E-state index in [4.69, 9.17) is 9.47 Å². The third-order valence-corrected chi connectivity index (χ3v) is 5.17. The van der Waals surface area contributed by atoms with Crippen LogP contribution in [0.4, 0.5) is 5.69 Å². The summed E-state index contributed by atoms with van der Waals surface area (Å²) in [5.41, 5.74) is 1.98. The average Bonchev–Trinajstić information content (AvgIpc) is 2.66. The lowest BCUT2D eigenvalue weighted by atomic mass is 10.0. The van der Waals surface area contributed by atoms with Gasteiger partial charge in [-0.3, -0.25) is 9.59 Å². The molecule has 0 saturated carbocycles. The molecule has 3 rings (SSSR count). The number of rotatable bonds is 5. The molecular formula is C21H23BrN2O4. The van der Waals surface area contributed by atoms with Gasteiger partial charge in [-0.25, -0.2) is 0 Å². The Labute approximate surface area is 172 Å². The van der Waals surface area contributed by atoms with Gasteiger partial charge in [0.25, 0.3) is 5.91 Å². The molecule has 7 heteroatoms. The molecule has 148 valence electrons. The Hall–Kier alpha value is -2.54. The van der Waals surface area contributed by atoms with Crippen molar-refractivity contribution in [3.05, 3.63) is 52.0 Å². The number of carbonyl (C=O) groups is 2. The summed E-state index contributed by atoms with van der Waals surface area (Å²) in [6.07, 6.45) is 0. The molecule has 0 fully saturated rings. The van der Waals surface area contributed by atoms with Gasteiger partial charge in [0.05, 0.1) is 5.69 Å². The zero-order chi connectivity index (χ0) is 20.3. The molecule has 1 atom stereocenters. The van der Waals surface area contributed by atoms with Gasteiger partial charge in [-0.15, -0.1) is 0 Å². The van der Waals surface area contributed by atoms with Crippen LogP contribution in [0.2, 0.25) is 0 Å². The minimum absolute atomic E-state index is 0.0936. The summed E-state index contributed by atoms with van der Waals surface area (Å²) in [5.74, 6) is 0.547. The van der Waals surface area contributed by atoms with E-state index in [0.717, 1.165) is 5.56 Å². The maximum atomic E-state index is 12.9. The first kappa shape index (κ1) is 20.2. The number of benzene rings is 2. The van der Waals surface area contributed by atoms with Crippen molar-refractivity contribution in [1.82, 2.24) is 5.32 Å². The molecule has 0 saturated heterocycles. The van der Waals surface area contributed by atoms with Crippen LogP contribution >= 0.6 is 15.9 Å². The average molecular weight is 447 g/mol. The number of ether oxygens (including phenoxy) is 2. The zero-order valence-corrected chi connectivity index (χ0v) is 17.6. The third kappa shape index (κ3) is 4.47.